The number of hydrogen-bond acceptors (Lipinski definition) is 3. The van der Waals surface area contributed by atoms with E-state index in [9.17, 15) is 0 Å². The van der Waals surface area contributed by atoms with Gasteiger partial charge in [-0.15, -0.1) is 0 Å². The fraction of sp³-hybridized carbons (Fsp3) is 0.0769. The van der Waals surface area contributed by atoms with Gasteiger partial charge in [0.15, 0.2) is 0 Å². The Morgan fingerprint density at radius 3 is 2.62 bits per heavy atom. The highest BCUT2D eigenvalue weighted by Crippen LogP contribution is 2.26. The molecule has 0 spiro atoms. The first-order valence-corrected chi connectivity index (χ1v) is 6.14. The second kappa shape index (κ2) is 3.85. The van der Waals surface area contributed by atoms with E-state index in [1.165, 1.54) is 16.3 Å². The monoisotopic (exact) mass is 228 g/mol. The van der Waals surface area contributed by atoms with Crippen LogP contribution >= 0.6 is 11.8 Å². The summed E-state index contributed by atoms with van der Waals surface area (Å²) >= 11 is 1.61. The fourth-order valence-electron chi connectivity index (χ4n) is 1.87. The molecule has 0 saturated carbocycles. The fourth-order valence-corrected chi connectivity index (χ4v) is 2.55. The van der Waals surface area contributed by atoms with Crippen molar-refractivity contribution in [2.75, 3.05) is 0 Å². The molecule has 80 valence electrons. The molecule has 2 nitrogen and oxygen atoms in total. The number of hydrogen-bond donors (Lipinski definition) is 2. The Balaban J connectivity index is 2.05. The lowest BCUT2D eigenvalue weighted by Gasteiger charge is -2.08. The largest absolute Gasteiger partial charge is 0.360 e. The van der Waals surface area contributed by atoms with Crippen LogP contribution < -0.4 is 11.1 Å². The summed E-state index contributed by atoms with van der Waals surface area (Å²) < 4.78 is 0. The number of nitrogens with one attached hydrogen (secondary N) is 1. The Bertz CT molecular complexity index is 563. The second-order valence-electron chi connectivity index (χ2n) is 3.79. The highest BCUT2D eigenvalue weighted by atomic mass is 32.2. The molecule has 1 aliphatic heterocycles. The predicted molar refractivity (Wildman–Crippen MR) is 70.6 cm³/mol. The molecule has 1 atom stereocenters. The zero-order chi connectivity index (χ0) is 11.0. The lowest BCUT2D eigenvalue weighted by atomic mass is 10.1. The molecule has 0 saturated heterocycles. The first kappa shape index (κ1) is 9.75. The maximum atomic E-state index is 5.77. The van der Waals surface area contributed by atoms with Crippen molar-refractivity contribution in [3.05, 3.63) is 53.4 Å². The van der Waals surface area contributed by atoms with Crippen molar-refractivity contribution in [1.82, 2.24) is 5.32 Å². The third kappa shape index (κ3) is 1.68. The minimum atomic E-state index is -0.0125. The van der Waals surface area contributed by atoms with Gasteiger partial charge in [0.1, 0.15) is 5.50 Å². The van der Waals surface area contributed by atoms with Gasteiger partial charge in [0.25, 0.3) is 0 Å². The summed E-state index contributed by atoms with van der Waals surface area (Å²) in [5.41, 5.74) is 8.07. The van der Waals surface area contributed by atoms with Gasteiger partial charge in [0, 0.05) is 5.70 Å². The van der Waals surface area contributed by atoms with Crippen molar-refractivity contribution in [2.45, 2.75) is 5.50 Å². The van der Waals surface area contributed by atoms with Crippen LogP contribution in [0.5, 0.6) is 0 Å². The normalized spacial score (nSPS) is 19.6. The molecule has 0 amide bonds. The minimum absolute atomic E-state index is 0.0125. The SMILES string of the molecule is N[C@H]1NC(c2ccc3ccccc3c2)=CS1. The van der Waals surface area contributed by atoms with Crippen LogP contribution in [0, 0.1) is 0 Å². The van der Waals surface area contributed by atoms with Crippen molar-refractivity contribution < 1.29 is 0 Å². The van der Waals surface area contributed by atoms with Gasteiger partial charge in [-0.2, -0.15) is 0 Å². The van der Waals surface area contributed by atoms with E-state index < -0.39 is 0 Å². The topological polar surface area (TPSA) is 38.0 Å². The van der Waals surface area contributed by atoms with Gasteiger partial charge < -0.3 is 11.1 Å². The molecule has 0 bridgehead atoms. The van der Waals surface area contributed by atoms with Crippen molar-refractivity contribution in [2.24, 2.45) is 5.73 Å². The van der Waals surface area contributed by atoms with Crippen molar-refractivity contribution in [3.8, 4) is 0 Å². The van der Waals surface area contributed by atoms with Crippen molar-refractivity contribution in [1.29, 1.82) is 0 Å². The average molecular weight is 228 g/mol. The lowest BCUT2D eigenvalue weighted by Crippen LogP contribution is -2.28. The Labute approximate surface area is 98.5 Å². The van der Waals surface area contributed by atoms with Crippen LogP contribution in [-0.4, -0.2) is 5.50 Å². The van der Waals surface area contributed by atoms with Crippen LogP contribution in [0.3, 0.4) is 0 Å². The molecule has 1 heterocycles. The molecule has 0 aliphatic carbocycles. The number of rotatable bonds is 1. The molecule has 0 radical (unpaired) electrons. The molecular weight excluding hydrogens is 216 g/mol. The molecule has 2 aromatic carbocycles. The van der Waals surface area contributed by atoms with E-state index in [0.29, 0.717) is 0 Å². The van der Waals surface area contributed by atoms with Gasteiger partial charge in [-0.1, -0.05) is 48.2 Å². The highest BCUT2D eigenvalue weighted by molar-refractivity contribution is 8.03. The van der Waals surface area contributed by atoms with Crippen LogP contribution in [0.25, 0.3) is 16.5 Å². The second-order valence-corrected chi connectivity index (χ2v) is 4.81. The lowest BCUT2D eigenvalue weighted by molar-refractivity contribution is 0.853. The Morgan fingerprint density at radius 2 is 1.88 bits per heavy atom. The summed E-state index contributed by atoms with van der Waals surface area (Å²) in [7, 11) is 0. The molecule has 0 fully saturated rings. The van der Waals surface area contributed by atoms with Gasteiger partial charge >= 0.3 is 0 Å². The van der Waals surface area contributed by atoms with Gasteiger partial charge in [0.2, 0.25) is 0 Å². The first-order valence-electron chi connectivity index (χ1n) is 5.20. The van der Waals surface area contributed by atoms with E-state index in [2.05, 4.69) is 53.2 Å². The smallest absolute Gasteiger partial charge is 0.127 e. The minimum Gasteiger partial charge on any atom is -0.360 e. The van der Waals surface area contributed by atoms with E-state index in [1.54, 1.807) is 11.8 Å². The van der Waals surface area contributed by atoms with Crippen molar-refractivity contribution >= 4 is 28.2 Å². The average Bonchev–Trinajstić information content (AvgIpc) is 2.75. The van der Waals surface area contributed by atoms with E-state index in [1.807, 2.05) is 0 Å². The maximum Gasteiger partial charge on any atom is 0.127 e. The summed E-state index contributed by atoms with van der Waals surface area (Å²) in [5.74, 6) is 0. The Hall–Kier alpha value is -1.45. The highest BCUT2D eigenvalue weighted by Gasteiger charge is 2.13. The summed E-state index contributed by atoms with van der Waals surface area (Å²) in [6.45, 7) is 0. The number of benzene rings is 2. The van der Waals surface area contributed by atoms with Gasteiger partial charge in [-0.25, -0.2) is 0 Å². The van der Waals surface area contributed by atoms with E-state index in [0.717, 1.165) is 5.70 Å². The van der Waals surface area contributed by atoms with Gasteiger partial charge in [-0.3, -0.25) is 0 Å². The van der Waals surface area contributed by atoms with Gasteiger partial charge in [0.05, 0.1) is 0 Å². The summed E-state index contributed by atoms with van der Waals surface area (Å²) in [6, 6.07) is 14.8. The molecule has 16 heavy (non-hydrogen) atoms. The summed E-state index contributed by atoms with van der Waals surface area (Å²) in [4.78, 5) is 0. The Kier molecular flexibility index (Phi) is 2.35. The predicted octanol–water partition coefficient (Wildman–Crippen LogP) is 2.72. The molecule has 3 heteroatoms. The summed E-state index contributed by atoms with van der Waals surface area (Å²) in [6.07, 6.45) is 0. The van der Waals surface area contributed by atoms with Crippen LogP contribution in [-0.2, 0) is 0 Å². The molecule has 0 unspecified atom stereocenters. The number of thioether (sulfide) groups is 1. The van der Waals surface area contributed by atoms with Crippen LogP contribution in [0.4, 0.5) is 0 Å². The molecule has 3 rings (SSSR count). The van der Waals surface area contributed by atoms with Crippen molar-refractivity contribution in [3.63, 3.8) is 0 Å². The maximum absolute atomic E-state index is 5.77. The molecule has 1 aliphatic rings. The molecular formula is C13H12N2S. The van der Waals surface area contributed by atoms with Gasteiger partial charge in [-0.05, 0) is 27.8 Å². The standard InChI is InChI=1S/C13H12N2S/c14-13-15-12(8-16-13)11-6-5-9-3-1-2-4-10(9)7-11/h1-8,13,15H,14H2/t13-/m0/s1. The molecule has 2 aromatic rings. The Morgan fingerprint density at radius 1 is 1.06 bits per heavy atom. The van der Waals surface area contributed by atoms with E-state index in [-0.39, 0.29) is 5.50 Å². The number of nitrogens with two attached hydrogens (primary N) is 1. The molecule has 0 aromatic heterocycles. The van der Waals surface area contributed by atoms with E-state index in [4.69, 9.17) is 5.73 Å². The zero-order valence-electron chi connectivity index (χ0n) is 8.68. The third-order valence-corrected chi connectivity index (χ3v) is 3.47. The van der Waals surface area contributed by atoms with E-state index >= 15 is 0 Å². The van der Waals surface area contributed by atoms with Crippen LogP contribution in [0.1, 0.15) is 5.56 Å². The quantitative estimate of drug-likeness (QED) is 0.788. The summed E-state index contributed by atoms with van der Waals surface area (Å²) in [5, 5.41) is 7.84. The number of fused-ring (bicyclic) bond motifs is 1. The van der Waals surface area contributed by atoms with Crippen LogP contribution in [0.2, 0.25) is 0 Å². The third-order valence-electron chi connectivity index (χ3n) is 2.69. The first-order chi connectivity index (χ1) is 7.83. The molecule has 3 N–H and O–H groups in total. The van der Waals surface area contributed by atoms with Crippen LogP contribution in [0.15, 0.2) is 47.9 Å². The zero-order valence-corrected chi connectivity index (χ0v) is 9.50.